The van der Waals surface area contributed by atoms with Crippen LogP contribution in [0.1, 0.15) is 1.43 Å². The third kappa shape index (κ3) is 14.0. The topological polar surface area (TPSA) is 93.1 Å². The maximum Gasteiger partial charge on any atom is 1.00 e. The molecule has 2 unspecified atom stereocenters. The Balaban J connectivity index is -0.000000405. The summed E-state index contributed by atoms with van der Waals surface area (Å²) in [7, 11) is -5.28. The van der Waals surface area contributed by atoms with E-state index >= 15 is 0 Å². The van der Waals surface area contributed by atoms with Crippen molar-refractivity contribution in [3.05, 3.63) is 0 Å². The van der Waals surface area contributed by atoms with E-state index in [0.717, 1.165) is 0 Å². The molecule has 0 heterocycles. The number of rotatable bonds is 5. The molecule has 0 aromatic heterocycles. The van der Waals surface area contributed by atoms with Crippen LogP contribution in [0.4, 0.5) is 0 Å². The molecular weight excluding hydrogens is 205 g/mol. The minimum Gasteiger partial charge on any atom is -1.00 e. The van der Waals surface area contributed by atoms with Gasteiger partial charge in [-0.15, -0.1) is 18.8 Å². The fraction of sp³-hybridized carbons (Fsp3) is 1.00. The first-order valence-electron chi connectivity index (χ1n) is 2.21. The van der Waals surface area contributed by atoms with E-state index in [2.05, 4.69) is 9.05 Å². The molecule has 0 aromatic rings. The summed E-state index contributed by atoms with van der Waals surface area (Å²) < 4.78 is 27.7. The van der Waals surface area contributed by atoms with Gasteiger partial charge in [-0.1, -0.05) is 0 Å². The molecule has 6 nitrogen and oxygen atoms in total. The smallest absolute Gasteiger partial charge is 1.00 e. The van der Waals surface area contributed by atoms with Gasteiger partial charge in [0.2, 0.25) is 0 Å². The van der Waals surface area contributed by atoms with E-state index in [1.807, 2.05) is 0 Å². The van der Waals surface area contributed by atoms with Gasteiger partial charge < -0.3 is 1.43 Å². The van der Waals surface area contributed by atoms with Crippen LogP contribution in [-0.2, 0) is 18.2 Å². The summed E-state index contributed by atoms with van der Waals surface area (Å²) in [5.74, 6) is 0. The molecule has 11 heavy (non-hydrogen) atoms. The van der Waals surface area contributed by atoms with Gasteiger partial charge in [-0.25, -0.2) is 0 Å². The van der Waals surface area contributed by atoms with Gasteiger partial charge in [-0.3, -0.25) is 0 Å². The molecule has 0 aliphatic heterocycles. The largest absolute Gasteiger partial charge is 1.00 e. The molecule has 0 radical (unpaired) electrons. The zero-order chi connectivity index (χ0) is 7.98. The Hall–Kier alpha value is 1.04. The maximum absolute atomic E-state index is 9.78. The summed E-state index contributed by atoms with van der Waals surface area (Å²) in [6.45, 7) is -0.347. The van der Waals surface area contributed by atoms with Gasteiger partial charge in [0.15, 0.2) is 0 Å². The van der Waals surface area contributed by atoms with E-state index in [1.54, 1.807) is 0 Å². The molecule has 0 aliphatic carbocycles. The molecule has 0 saturated carbocycles. The van der Waals surface area contributed by atoms with Crippen molar-refractivity contribution in [3.63, 3.8) is 0 Å². The van der Waals surface area contributed by atoms with Crippen LogP contribution in [0.25, 0.3) is 0 Å². The van der Waals surface area contributed by atoms with Crippen molar-refractivity contribution in [2.75, 3.05) is 13.2 Å². The molecule has 0 aliphatic rings. The van der Waals surface area contributed by atoms with Crippen LogP contribution < -0.4 is 29.6 Å². The van der Waals surface area contributed by atoms with E-state index in [1.165, 1.54) is 0 Å². The molecule has 2 N–H and O–H groups in total. The molecule has 0 rings (SSSR count). The summed E-state index contributed by atoms with van der Waals surface area (Å²) >= 11 is 0. The zero-order valence-corrected chi connectivity index (χ0v) is 9.62. The normalized spacial score (nSPS) is 11.8. The first kappa shape index (κ1) is 14.6. The molecule has 9 heteroatoms. The summed E-state index contributed by atoms with van der Waals surface area (Å²) in [4.78, 5) is 16.0. The Morgan fingerprint density at radius 2 is 1.36 bits per heavy atom. The second-order valence-electron chi connectivity index (χ2n) is 1.14. The van der Waals surface area contributed by atoms with E-state index in [0.29, 0.717) is 0 Å². The predicted molar refractivity (Wildman–Crippen MR) is 32.7 cm³/mol. The van der Waals surface area contributed by atoms with Crippen LogP contribution >= 0.6 is 16.5 Å². The van der Waals surface area contributed by atoms with E-state index in [4.69, 9.17) is 9.79 Å². The summed E-state index contributed by atoms with van der Waals surface area (Å²) in [5, 5.41) is 0. The minimum atomic E-state index is -2.64. The summed E-state index contributed by atoms with van der Waals surface area (Å²) in [6, 6.07) is 0. The van der Waals surface area contributed by atoms with Gasteiger partial charge in [-0.2, -0.15) is 0 Å². The van der Waals surface area contributed by atoms with Gasteiger partial charge in [0.05, 0.1) is 0 Å². The Bertz CT molecular complexity index is 128. The fourth-order valence-electron chi connectivity index (χ4n) is 0.231. The molecule has 60 valence electrons. The zero-order valence-electron chi connectivity index (χ0n) is 6.84. The van der Waals surface area contributed by atoms with Crippen molar-refractivity contribution in [1.82, 2.24) is 0 Å². The number of hydrogen-bond acceptors (Lipinski definition) is 4. The minimum absolute atomic E-state index is 0. The van der Waals surface area contributed by atoms with E-state index in [9.17, 15) is 9.13 Å². The van der Waals surface area contributed by atoms with Gasteiger partial charge in [0.1, 0.15) is 13.2 Å². The molecule has 0 fully saturated rings. The molecule has 2 atom stereocenters. The van der Waals surface area contributed by atoms with E-state index < -0.39 is 16.5 Å². The molecule has 0 amide bonds. The van der Waals surface area contributed by atoms with Crippen molar-refractivity contribution in [3.8, 4) is 0 Å². The maximum atomic E-state index is 9.78. The Kier molecular flexibility index (Phi) is 12.1. The van der Waals surface area contributed by atoms with Crippen molar-refractivity contribution in [1.29, 1.82) is 0 Å². The molecule has 0 spiro atoms. The van der Waals surface area contributed by atoms with Crippen LogP contribution in [0.2, 0.25) is 0 Å². The Labute approximate surface area is 88.6 Å². The van der Waals surface area contributed by atoms with Crippen molar-refractivity contribution in [2.45, 2.75) is 0 Å². The van der Waals surface area contributed by atoms with Crippen molar-refractivity contribution < 1.29 is 58.9 Å². The van der Waals surface area contributed by atoms with Gasteiger partial charge >= 0.3 is 46.1 Å². The molecular formula is C2H7NaO6P2+2. The van der Waals surface area contributed by atoms with Crippen LogP contribution in [0, 0.1) is 0 Å². The second-order valence-corrected chi connectivity index (χ2v) is 2.61. The molecule has 0 saturated heterocycles. The Morgan fingerprint density at radius 1 is 1.09 bits per heavy atom. The first-order valence-corrected chi connectivity index (χ1v) is 4.47. The molecule has 0 bridgehead atoms. The summed E-state index contributed by atoms with van der Waals surface area (Å²) in [6.07, 6.45) is 0. The van der Waals surface area contributed by atoms with Gasteiger partial charge in [0.25, 0.3) is 0 Å². The standard InChI is InChI=1S/C2H4O6P2.Na.H/c3-9(4)7-1-2-8-10(5)6;;/h1-2H2;;/q;+1;-1/p+2. The molecule has 0 aromatic carbocycles. The SMILES string of the molecule is O=[P+](O)OCCO[P+](=O)O.[H-].[Na+]. The number of hydrogen-bond donors (Lipinski definition) is 2. The summed E-state index contributed by atoms with van der Waals surface area (Å²) in [5.41, 5.74) is 0. The van der Waals surface area contributed by atoms with E-state index in [-0.39, 0.29) is 44.2 Å². The monoisotopic (exact) mass is 212 g/mol. The third-order valence-corrected chi connectivity index (χ3v) is 1.29. The average Bonchev–Trinajstić information content (AvgIpc) is 1.79. The fourth-order valence-corrected chi connectivity index (χ4v) is 0.692. The van der Waals surface area contributed by atoms with Crippen molar-refractivity contribution in [2.24, 2.45) is 0 Å². The first-order chi connectivity index (χ1) is 4.63. The average molecular weight is 212 g/mol. The van der Waals surface area contributed by atoms with Crippen LogP contribution in [-0.4, -0.2) is 23.0 Å². The third-order valence-electron chi connectivity index (χ3n) is 0.487. The van der Waals surface area contributed by atoms with Gasteiger partial charge in [-0.05, 0) is 0 Å². The Morgan fingerprint density at radius 3 is 1.55 bits per heavy atom. The second kappa shape index (κ2) is 9.13. The quantitative estimate of drug-likeness (QED) is 0.295. The van der Waals surface area contributed by atoms with Crippen molar-refractivity contribution >= 4 is 16.5 Å². The van der Waals surface area contributed by atoms with Crippen LogP contribution in [0.15, 0.2) is 0 Å². The van der Waals surface area contributed by atoms with Crippen LogP contribution in [0.3, 0.4) is 0 Å². The predicted octanol–water partition coefficient (Wildman–Crippen LogP) is -2.56. The van der Waals surface area contributed by atoms with Gasteiger partial charge in [0, 0.05) is 9.13 Å². The van der Waals surface area contributed by atoms with Crippen LogP contribution in [0.5, 0.6) is 0 Å².